The molecule has 4 aromatic rings. The van der Waals surface area contributed by atoms with Crippen molar-refractivity contribution in [3.8, 4) is 0 Å². The Bertz CT molecular complexity index is 1340. The van der Waals surface area contributed by atoms with Crippen molar-refractivity contribution in [1.82, 2.24) is 29.5 Å². The summed E-state index contributed by atoms with van der Waals surface area (Å²) in [7, 11) is 0. The van der Waals surface area contributed by atoms with Crippen LogP contribution in [0.2, 0.25) is 0 Å². The molecule has 0 spiro atoms. The predicted octanol–water partition coefficient (Wildman–Crippen LogP) is 3.38. The summed E-state index contributed by atoms with van der Waals surface area (Å²) in [5.74, 6) is 0.592. The van der Waals surface area contributed by atoms with Gasteiger partial charge in [0.2, 0.25) is 5.16 Å². The first-order valence-electron chi connectivity index (χ1n) is 9.36. The van der Waals surface area contributed by atoms with Crippen molar-refractivity contribution in [3.05, 3.63) is 44.1 Å². The number of thiophene rings is 1. The molecular formula is C19H20N6O3S2. The number of aromatic nitrogens is 6. The van der Waals surface area contributed by atoms with E-state index >= 15 is 0 Å². The number of rotatable bonds is 5. The number of aryl methyl sites for hydroxylation is 3. The van der Waals surface area contributed by atoms with Gasteiger partial charge in [0, 0.05) is 11.4 Å². The van der Waals surface area contributed by atoms with Crippen molar-refractivity contribution < 1.29 is 9.53 Å². The summed E-state index contributed by atoms with van der Waals surface area (Å²) in [5.41, 5.74) is 2.13. The normalized spacial score (nSPS) is 12.6. The van der Waals surface area contributed by atoms with Crippen LogP contribution in [0.5, 0.6) is 0 Å². The molecular weight excluding hydrogens is 424 g/mol. The van der Waals surface area contributed by atoms with Gasteiger partial charge in [-0.2, -0.15) is 4.98 Å². The van der Waals surface area contributed by atoms with E-state index in [1.165, 1.54) is 23.1 Å². The van der Waals surface area contributed by atoms with E-state index < -0.39 is 5.97 Å². The van der Waals surface area contributed by atoms with E-state index in [4.69, 9.17) is 4.74 Å². The molecule has 4 heterocycles. The zero-order valence-electron chi connectivity index (χ0n) is 17.1. The summed E-state index contributed by atoms with van der Waals surface area (Å²) in [4.78, 5) is 42.1. The number of carbonyl (C=O) groups is 1. The van der Waals surface area contributed by atoms with E-state index in [-0.39, 0.29) is 17.4 Å². The van der Waals surface area contributed by atoms with Crippen LogP contribution in [0.4, 0.5) is 0 Å². The molecule has 9 nitrogen and oxygen atoms in total. The van der Waals surface area contributed by atoms with Gasteiger partial charge in [0.25, 0.3) is 11.3 Å². The van der Waals surface area contributed by atoms with Crippen molar-refractivity contribution in [2.24, 2.45) is 0 Å². The van der Waals surface area contributed by atoms with E-state index in [9.17, 15) is 9.59 Å². The van der Waals surface area contributed by atoms with Crippen LogP contribution in [0.25, 0.3) is 16.0 Å². The molecule has 0 fully saturated rings. The topological polar surface area (TPSA) is 115 Å². The Hall–Kier alpha value is -2.79. The minimum Gasteiger partial charge on any atom is -0.462 e. The van der Waals surface area contributed by atoms with Gasteiger partial charge in [0.15, 0.2) is 0 Å². The number of thioether (sulfide) groups is 1. The lowest BCUT2D eigenvalue weighted by Gasteiger charge is -2.07. The summed E-state index contributed by atoms with van der Waals surface area (Å²) in [6.45, 7) is 9.52. The molecule has 1 atom stereocenters. The van der Waals surface area contributed by atoms with E-state index in [0.29, 0.717) is 37.4 Å². The number of ether oxygens (including phenoxy) is 1. The molecule has 0 aromatic carbocycles. The first-order chi connectivity index (χ1) is 14.3. The third-order valence-corrected chi connectivity index (χ3v) is 6.67. The third kappa shape index (κ3) is 3.58. The predicted molar refractivity (Wildman–Crippen MR) is 115 cm³/mol. The largest absolute Gasteiger partial charge is 0.462 e. The summed E-state index contributed by atoms with van der Waals surface area (Å²) in [6.07, 6.45) is 0. The van der Waals surface area contributed by atoms with Gasteiger partial charge in [-0.05, 0) is 46.2 Å². The van der Waals surface area contributed by atoms with Gasteiger partial charge in [-0.25, -0.2) is 19.3 Å². The van der Waals surface area contributed by atoms with E-state index in [1.54, 1.807) is 18.4 Å². The Morgan fingerprint density at radius 2 is 2.07 bits per heavy atom. The molecule has 4 rings (SSSR count). The fourth-order valence-electron chi connectivity index (χ4n) is 3.16. The second kappa shape index (κ2) is 7.80. The van der Waals surface area contributed by atoms with Gasteiger partial charge in [-0.3, -0.25) is 4.79 Å². The van der Waals surface area contributed by atoms with E-state index in [2.05, 4.69) is 25.0 Å². The number of nitrogens with zero attached hydrogens (tertiary/aromatic N) is 5. The van der Waals surface area contributed by atoms with Crippen molar-refractivity contribution in [2.45, 2.75) is 45.0 Å². The van der Waals surface area contributed by atoms with Crippen molar-refractivity contribution in [2.75, 3.05) is 6.61 Å². The van der Waals surface area contributed by atoms with Gasteiger partial charge in [-0.1, -0.05) is 11.8 Å². The maximum absolute atomic E-state index is 12.7. The highest BCUT2D eigenvalue weighted by Crippen LogP contribution is 2.33. The Kier molecular flexibility index (Phi) is 5.33. The average molecular weight is 445 g/mol. The second-order valence-corrected chi connectivity index (χ2v) is 9.12. The Labute approximate surface area is 179 Å². The number of hydrogen-bond acceptors (Lipinski definition) is 9. The molecule has 30 heavy (non-hydrogen) atoms. The van der Waals surface area contributed by atoms with Crippen LogP contribution >= 0.6 is 23.1 Å². The number of carbonyl (C=O) groups excluding carboxylic acids is 1. The maximum atomic E-state index is 12.7. The summed E-state index contributed by atoms with van der Waals surface area (Å²) < 4.78 is 6.77. The van der Waals surface area contributed by atoms with Gasteiger partial charge < -0.3 is 9.72 Å². The van der Waals surface area contributed by atoms with Crippen LogP contribution in [-0.4, -0.2) is 42.1 Å². The zero-order chi connectivity index (χ0) is 21.6. The number of fused-ring (bicyclic) bond motifs is 2. The average Bonchev–Trinajstić information content (AvgIpc) is 3.23. The highest BCUT2D eigenvalue weighted by Gasteiger charge is 2.22. The first kappa shape index (κ1) is 20.5. The third-order valence-electron chi connectivity index (χ3n) is 4.55. The summed E-state index contributed by atoms with van der Waals surface area (Å²) >= 11 is 2.55. The van der Waals surface area contributed by atoms with E-state index in [1.807, 2.05) is 26.8 Å². The molecule has 0 bridgehead atoms. The molecule has 1 N–H and O–H groups in total. The van der Waals surface area contributed by atoms with Crippen LogP contribution < -0.4 is 5.56 Å². The molecule has 11 heteroatoms. The Balaban J connectivity index is 1.68. The summed E-state index contributed by atoms with van der Waals surface area (Å²) in [6, 6.07) is 1.94. The number of nitrogens with one attached hydrogen (secondary N) is 1. The van der Waals surface area contributed by atoms with Crippen molar-refractivity contribution >= 4 is 45.1 Å². The second-order valence-electron chi connectivity index (χ2n) is 6.81. The number of aromatic amines is 1. The fraction of sp³-hybridized carbons (Fsp3) is 0.368. The fourth-order valence-corrected chi connectivity index (χ4v) is 5.04. The van der Waals surface area contributed by atoms with Crippen LogP contribution in [0, 0.1) is 20.8 Å². The Morgan fingerprint density at radius 1 is 1.30 bits per heavy atom. The highest BCUT2D eigenvalue weighted by atomic mass is 32.2. The smallest absolute Gasteiger partial charge is 0.348 e. The molecule has 0 radical (unpaired) electrons. The molecule has 0 aliphatic rings. The van der Waals surface area contributed by atoms with E-state index in [0.717, 1.165) is 11.4 Å². The zero-order valence-corrected chi connectivity index (χ0v) is 18.8. The van der Waals surface area contributed by atoms with Crippen molar-refractivity contribution in [1.29, 1.82) is 0 Å². The minimum absolute atomic E-state index is 0.214. The lowest BCUT2D eigenvalue weighted by Crippen LogP contribution is -2.13. The molecule has 0 amide bonds. The van der Waals surface area contributed by atoms with Gasteiger partial charge >= 0.3 is 5.97 Å². The van der Waals surface area contributed by atoms with Gasteiger partial charge in [-0.15, -0.1) is 16.4 Å². The van der Waals surface area contributed by atoms with Crippen LogP contribution in [0.1, 0.15) is 51.5 Å². The molecule has 4 aromatic heterocycles. The van der Waals surface area contributed by atoms with Crippen LogP contribution in [0.3, 0.4) is 0 Å². The monoisotopic (exact) mass is 444 g/mol. The molecule has 0 saturated heterocycles. The standard InChI is InChI=1S/C19H20N6O3S2/c1-6-28-17(27)13-10(4)12-15(26)21-14(22-16(12)30-13)11(5)29-19-23-18-20-8(2)7-9(3)25(18)24-19/h7,11H,6H2,1-5H3,(H,21,22,26)/t11-/m0/s1. The quantitative estimate of drug-likeness (QED) is 0.368. The highest BCUT2D eigenvalue weighted by molar-refractivity contribution is 7.99. The molecule has 0 aliphatic carbocycles. The molecule has 156 valence electrons. The van der Waals surface area contributed by atoms with Gasteiger partial charge in [0.1, 0.15) is 15.5 Å². The number of esters is 1. The first-order valence-corrected chi connectivity index (χ1v) is 11.1. The van der Waals surface area contributed by atoms with Crippen molar-refractivity contribution in [3.63, 3.8) is 0 Å². The lowest BCUT2D eigenvalue weighted by molar-refractivity contribution is 0.0531. The summed E-state index contributed by atoms with van der Waals surface area (Å²) in [5, 5.41) is 5.24. The molecule has 0 aliphatic heterocycles. The Morgan fingerprint density at radius 3 is 2.80 bits per heavy atom. The molecule has 0 saturated carbocycles. The number of hydrogen-bond donors (Lipinski definition) is 1. The number of H-pyrrole nitrogens is 1. The SMILES string of the molecule is CCOC(=O)c1sc2nc([C@H](C)Sc3nc4nc(C)cc(C)n4n3)[nH]c(=O)c2c1C. The maximum Gasteiger partial charge on any atom is 0.348 e. The molecule has 0 unspecified atom stereocenters. The lowest BCUT2D eigenvalue weighted by atomic mass is 10.2. The van der Waals surface area contributed by atoms with Crippen LogP contribution in [0.15, 0.2) is 16.0 Å². The van der Waals surface area contributed by atoms with Crippen LogP contribution in [-0.2, 0) is 4.74 Å². The van der Waals surface area contributed by atoms with Gasteiger partial charge in [0.05, 0.1) is 17.2 Å². The minimum atomic E-state index is -0.437.